The van der Waals surface area contributed by atoms with Crippen LogP contribution in [0.1, 0.15) is 62.3 Å². The summed E-state index contributed by atoms with van der Waals surface area (Å²) in [5.74, 6) is 1.05. The fourth-order valence-electron chi connectivity index (χ4n) is 4.55. The van der Waals surface area contributed by atoms with Crippen LogP contribution in [-0.4, -0.2) is 44.9 Å². The van der Waals surface area contributed by atoms with E-state index < -0.39 is 6.10 Å². The van der Waals surface area contributed by atoms with Crippen molar-refractivity contribution in [3.05, 3.63) is 23.5 Å². The van der Waals surface area contributed by atoms with Crippen molar-refractivity contribution in [1.82, 2.24) is 9.80 Å². The van der Waals surface area contributed by atoms with Gasteiger partial charge in [0.25, 0.3) is 0 Å². The molecule has 0 radical (unpaired) electrons. The van der Waals surface area contributed by atoms with Crippen molar-refractivity contribution in [3.63, 3.8) is 0 Å². The average molecular weight is 999 g/mol. The predicted molar refractivity (Wildman–Crippen MR) is 161 cm³/mol. The van der Waals surface area contributed by atoms with Crippen molar-refractivity contribution >= 4 is 86.3 Å². The van der Waals surface area contributed by atoms with E-state index in [0.29, 0.717) is 37.0 Å². The van der Waals surface area contributed by atoms with Crippen molar-refractivity contribution in [1.29, 1.82) is 0 Å². The summed E-state index contributed by atoms with van der Waals surface area (Å²) in [5.41, 5.74) is 2.20. The number of nitrogens with zero attached hydrogens (tertiary/aromatic N) is 2. The Bertz CT molecular complexity index is 601. The molecule has 2 fully saturated rings. The van der Waals surface area contributed by atoms with Gasteiger partial charge >= 0.3 is 50.5 Å². The monoisotopic (exact) mass is 999 g/mol. The maximum absolute atomic E-state index is 11.6. The molecule has 0 aliphatic carbocycles. The molecule has 4 aliphatic heterocycles. The third-order valence-corrected chi connectivity index (χ3v) is 5.84. The Hall–Kier alpha value is 2.03. The van der Waals surface area contributed by atoms with Crippen molar-refractivity contribution in [3.8, 4) is 0 Å². The van der Waals surface area contributed by atoms with Crippen molar-refractivity contribution in [2.75, 3.05) is 0 Å². The Kier molecular flexibility index (Phi) is 18.9. The standard InChI is InChI=1S/C10H15NO.C9H13NO2.2CH4.I3.I2/c1-6(2)9-8-5-4-7(3)11(8)10(9)12;1-5-3-4-7-8(6(2)11)9(12)10(5)7;;;1-3-2;1-2/h4,6,8-9H,5H2,1-3H3;3,6-8,11H,4H2,1-2H3;2*1H4;;/q;;;;-1;/t8-,9-;6-,7-,8-;;;;/m11..../s1. The molecule has 4 aliphatic rings. The van der Waals surface area contributed by atoms with Gasteiger partial charge in [-0.2, -0.15) is 0 Å². The number of carbonyl (C=O) groups excluding carboxylic acids is 2. The zero-order valence-electron chi connectivity index (χ0n) is 17.1. The molecule has 0 saturated carbocycles. The van der Waals surface area contributed by atoms with Gasteiger partial charge in [-0.3, -0.25) is 9.59 Å². The summed E-state index contributed by atoms with van der Waals surface area (Å²) in [4.78, 5) is 26.7. The van der Waals surface area contributed by atoms with Gasteiger partial charge in [-0.1, -0.05) is 40.9 Å². The van der Waals surface area contributed by atoms with Gasteiger partial charge in [-0.15, -0.1) is 0 Å². The third kappa shape index (κ3) is 8.02. The minimum absolute atomic E-state index is 0. The van der Waals surface area contributed by atoms with Gasteiger partial charge in [0.05, 0.1) is 30.0 Å². The van der Waals surface area contributed by atoms with E-state index in [1.165, 1.54) is 0 Å². The molecular weight excluding hydrogens is 963 g/mol. The summed E-state index contributed by atoms with van der Waals surface area (Å²) in [7, 11) is 0. The van der Waals surface area contributed by atoms with E-state index in [4.69, 9.17) is 0 Å². The molecule has 184 valence electrons. The van der Waals surface area contributed by atoms with E-state index in [9.17, 15) is 14.7 Å². The van der Waals surface area contributed by atoms with Gasteiger partial charge in [-0.25, -0.2) is 0 Å². The number of aliphatic hydroxyl groups is 1. The molecule has 2 amide bonds. The first-order valence-corrected chi connectivity index (χ1v) is 28.2. The molecule has 1 N–H and O–H groups in total. The molecule has 0 aromatic heterocycles. The second-order valence-electron chi connectivity index (χ2n) is 7.80. The number of allylic oxidation sites excluding steroid dienone is 2. The van der Waals surface area contributed by atoms with Crippen molar-refractivity contribution < 1.29 is 28.0 Å². The summed E-state index contributed by atoms with van der Waals surface area (Å²) in [5, 5.41) is 9.31. The van der Waals surface area contributed by atoms with Crippen LogP contribution >= 0.6 is 74.5 Å². The fraction of sp³-hybridized carbons (Fsp3) is 0.714. The van der Waals surface area contributed by atoms with Crippen LogP contribution in [-0.2, 0) is 9.59 Å². The van der Waals surface area contributed by atoms with Crippen LogP contribution in [0.15, 0.2) is 23.5 Å². The normalized spacial score (nSPS) is 27.7. The van der Waals surface area contributed by atoms with Crippen LogP contribution in [0.4, 0.5) is 0 Å². The predicted octanol–water partition coefficient (Wildman–Crippen LogP) is 4.10. The second kappa shape index (κ2) is 16.7. The number of halogens is 5. The number of carbonyl (C=O) groups is 2. The molecule has 31 heavy (non-hydrogen) atoms. The van der Waals surface area contributed by atoms with Crippen molar-refractivity contribution in [2.24, 2.45) is 17.8 Å². The van der Waals surface area contributed by atoms with Crippen LogP contribution in [0, 0.1) is 17.8 Å². The summed E-state index contributed by atoms with van der Waals surface area (Å²) in [6.45, 7) is 9.92. The number of β-lactam (4-membered cyclic amide) rings is 2. The van der Waals surface area contributed by atoms with E-state index >= 15 is 0 Å². The van der Waals surface area contributed by atoms with E-state index in [0.717, 1.165) is 24.2 Å². The Labute approximate surface area is 242 Å². The Balaban J connectivity index is 0. The SMILES string of the molecule is C.C.CC1=CC[C@@H]2[C@@H](C(C)C)C(=O)N12.CC1=CC[C@@H]2[C@@H]([C@@H](C)O)C(=O)N12.II.I[I-]I. The molecule has 5 atom stereocenters. The molecule has 4 rings (SSSR count). The number of hydrogen-bond donors (Lipinski definition) is 1. The molecule has 10 heteroatoms. The maximum atomic E-state index is 11.6. The first-order chi connectivity index (χ1) is 13.7. The van der Waals surface area contributed by atoms with Gasteiger partial charge < -0.3 is 14.9 Å². The van der Waals surface area contributed by atoms with E-state index in [-0.39, 0.29) is 32.7 Å². The Morgan fingerprint density at radius 2 is 1.23 bits per heavy atom. The topological polar surface area (TPSA) is 60.9 Å². The molecule has 4 heterocycles. The van der Waals surface area contributed by atoms with Crippen LogP contribution in [0.5, 0.6) is 0 Å². The number of fused-ring (bicyclic) bond motifs is 2. The minimum atomic E-state index is -0.502. The summed E-state index contributed by atoms with van der Waals surface area (Å²) in [6.07, 6.45) is 5.71. The van der Waals surface area contributed by atoms with Crippen LogP contribution in [0.25, 0.3) is 0 Å². The van der Waals surface area contributed by atoms with Crippen molar-refractivity contribution in [2.45, 2.75) is 80.5 Å². The molecule has 0 unspecified atom stereocenters. The number of rotatable bonds is 2. The zero-order valence-corrected chi connectivity index (χ0v) is 27.9. The number of hydrogen-bond acceptors (Lipinski definition) is 3. The molecule has 0 bridgehead atoms. The Morgan fingerprint density at radius 1 is 0.903 bits per heavy atom. The molecule has 5 nitrogen and oxygen atoms in total. The van der Waals surface area contributed by atoms with E-state index in [1.54, 1.807) is 11.8 Å². The zero-order chi connectivity index (χ0) is 22.5. The second-order valence-corrected chi connectivity index (χ2v) is 24.0. The Morgan fingerprint density at radius 3 is 1.55 bits per heavy atom. The number of aliphatic hydroxyl groups excluding tert-OH is 1. The van der Waals surface area contributed by atoms with Crippen LogP contribution in [0.3, 0.4) is 0 Å². The van der Waals surface area contributed by atoms with Crippen LogP contribution < -0.4 is 13.3 Å². The number of amides is 2. The first kappa shape index (κ1) is 35.2. The van der Waals surface area contributed by atoms with Gasteiger partial charge in [0.1, 0.15) is 0 Å². The summed E-state index contributed by atoms with van der Waals surface area (Å²) < 4.78 is 0. The molecule has 0 spiro atoms. The van der Waals surface area contributed by atoms with Gasteiger partial charge in [-0.05, 0) is 39.5 Å². The summed E-state index contributed by atoms with van der Waals surface area (Å²) >= 11 is 9.54. The molecule has 2 saturated heterocycles. The quantitative estimate of drug-likeness (QED) is 0.336. The summed E-state index contributed by atoms with van der Waals surface area (Å²) in [6, 6.07) is 0.745. The van der Waals surface area contributed by atoms with Gasteiger partial charge in [0, 0.05) is 48.6 Å². The molecule has 0 aromatic rings. The van der Waals surface area contributed by atoms with Gasteiger partial charge in [0.2, 0.25) is 11.8 Å². The van der Waals surface area contributed by atoms with Crippen LogP contribution in [0.2, 0.25) is 0 Å². The molecule has 0 aromatic carbocycles. The average Bonchev–Trinajstić information content (AvgIpc) is 3.13. The molecular formula is C21H36I5N2O3-. The van der Waals surface area contributed by atoms with E-state index in [2.05, 4.69) is 100 Å². The van der Waals surface area contributed by atoms with E-state index in [1.807, 2.05) is 18.7 Å². The fourth-order valence-corrected chi connectivity index (χ4v) is 4.55. The van der Waals surface area contributed by atoms with Gasteiger partial charge in [0.15, 0.2) is 0 Å². The third-order valence-electron chi connectivity index (χ3n) is 5.84. The first-order valence-electron chi connectivity index (χ1n) is 9.36.